The van der Waals surface area contributed by atoms with Crippen LogP contribution in [0.3, 0.4) is 0 Å². The van der Waals surface area contributed by atoms with E-state index < -0.39 is 37.6 Å². The predicted octanol–water partition coefficient (Wildman–Crippen LogP) is 4.43. The number of nitro benzene ring substituents is 3. The molecule has 3 aromatic carbocycles. The molecule has 13 heteroatoms. The van der Waals surface area contributed by atoms with Crippen molar-refractivity contribution in [2.45, 2.75) is 32.0 Å². The average molecular weight is 524 g/mol. The normalized spacial score (nSPS) is 16.6. The molecule has 1 aliphatic heterocycles. The van der Waals surface area contributed by atoms with Gasteiger partial charge in [-0.2, -0.15) is 0 Å². The SMILES string of the molecule is C[C@@H]1C[C@@H](N(C)Cc2ccccc2)C(=O)N1c1ccccc1.O=[N+]([O-])c1cc([N+](=O)[O-])c(O)c([N+](=O)[O-])c1. The molecule has 1 aliphatic rings. The van der Waals surface area contributed by atoms with Crippen LogP contribution in [0.4, 0.5) is 22.7 Å². The van der Waals surface area contributed by atoms with E-state index in [1.165, 1.54) is 5.56 Å². The molecule has 1 saturated heterocycles. The summed E-state index contributed by atoms with van der Waals surface area (Å²) in [5.41, 5.74) is -0.766. The van der Waals surface area contributed by atoms with Gasteiger partial charge in [0.2, 0.25) is 5.91 Å². The molecule has 1 N–H and O–H groups in total. The summed E-state index contributed by atoms with van der Waals surface area (Å²) in [5, 5.41) is 40.2. The largest absolute Gasteiger partial charge is 0.497 e. The lowest BCUT2D eigenvalue weighted by atomic mass is 10.1. The van der Waals surface area contributed by atoms with Crippen molar-refractivity contribution in [3.05, 3.63) is 109 Å². The fourth-order valence-corrected chi connectivity index (χ4v) is 4.20. The smallest absolute Gasteiger partial charge is 0.324 e. The number of benzene rings is 3. The molecule has 13 nitrogen and oxygen atoms in total. The number of phenols is 1. The van der Waals surface area contributed by atoms with E-state index in [-0.39, 0.29) is 18.0 Å². The van der Waals surface area contributed by atoms with Crippen molar-refractivity contribution in [1.29, 1.82) is 0 Å². The highest BCUT2D eigenvalue weighted by Gasteiger charge is 2.40. The number of hydrogen-bond donors (Lipinski definition) is 1. The van der Waals surface area contributed by atoms with E-state index in [2.05, 4.69) is 24.0 Å². The molecule has 3 aromatic rings. The van der Waals surface area contributed by atoms with E-state index in [0.717, 1.165) is 18.7 Å². The first-order chi connectivity index (χ1) is 18.0. The van der Waals surface area contributed by atoms with Crippen molar-refractivity contribution in [2.75, 3.05) is 11.9 Å². The standard InChI is InChI=1S/C19H22N2O.C6H3N3O7/c1-15-13-18(20(2)14-16-9-5-3-6-10-16)19(22)21(15)17-11-7-4-8-12-17;10-6-4(8(13)14)1-3(7(11)12)2-5(6)9(15)16/h3-12,15,18H,13-14H2,1-2H3;1-2,10H/t15-,18-;/m1./s1. The van der Waals surface area contributed by atoms with Crippen molar-refractivity contribution in [3.8, 4) is 5.75 Å². The number of para-hydroxylation sites is 1. The van der Waals surface area contributed by atoms with Gasteiger partial charge in [0.05, 0.1) is 32.9 Å². The minimum atomic E-state index is -1.21. The Labute approximate surface area is 217 Å². The third-order valence-corrected chi connectivity index (χ3v) is 6.03. The molecular weight excluding hydrogens is 498 g/mol. The molecule has 1 fully saturated rings. The minimum Gasteiger partial charge on any atom is -0.497 e. The van der Waals surface area contributed by atoms with Gasteiger partial charge in [-0.3, -0.25) is 40.0 Å². The fourth-order valence-electron chi connectivity index (χ4n) is 4.20. The molecule has 4 rings (SSSR count). The second-order valence-corrected chi connectivity index (χ2v) is 8.65. The number of non-ortho nitro benzene ring substituents is 1. The van der Waals surface area contributed by atoms with Crippen molar-refractivity contribution in [1.82, 2.24) is 4.90 Å². The van der Waals surface area contributed by atoms with Gasteiger partial charge in [-0.1, -0.05) is 48.5 Å². The summed E-state index contributed by atoms with van der Waals surface area (Å²) >= 11 is 0. The van der Waals surface area contributed by atoms with E-state index in [4.69, 9.17) is 5.11 Å². The molecule has 0 saturated carbocycles. The van der Waals surface area contributed by atoms with Gasteiger partial charge >= 0.3 is 11.4 Å². The Morgan fingerprint density at radius 3 is 1.87 bits per heavy atom. The van der Waals surface area contributed by atoms with Crippen LogP contribution in [0.15, 0.2) is 72.8 Å². The molecule has 1 amide bonds. The molecular formula is C25H25N5O8. The summed E-state index contributed by atoms with van der Waals surface area (Å²) in [5.74, 6) is -1.00. The lowest BCUT2D eigenvalue weighted by molar-refractivity contribution is -0.404. The van der Waals surface area contributed by atoms with Gasteiger partial charge in [0.15, 0.2) is 0 Å². The van der Waals surface area contributed by atoms with Crippen LogP contribution < -0.4 is 4.90 Å². The Hall–Kier alpha value is -4.91. The minimum absolute atomic E-state index is 0.0459. The first-order valence-corrected chi connectivity index (χ1v) is 11.4. The second kappa shape index (κ2) is 11.9. The maximum Gasteiger partial charge on any atom is 0.324 e. The first-order valence-electron chi connectivity index (χ1n) is 11.4. The van der Waals surface area contributed by atoms with Crippen LogP contribution in [-0.2, 0) is 11.3 Å². The Kier molecular flexibility index (Phi) is 8.65. The number of rotatable bonds is 7. The quantitative estimate of drug-likeness (QED) is 0.347. The van der Waals surface area contributed by atoms with Gasteiger partial charge < -0.3 is 10.0 Å². The van der Waals surface area contributed by atoms with Crippen LogP contribution in [-0.4, -0.2) is 49.8 Å². The maximum absolute atomic E-state index is 12.8. The van der Waals surface area contributed by atoms with E-state index in [1.807, 2.05) is 60.5 Å². The van der Waals surface area contributed by atoms with Gasteiger partial charge in [0.25, 0.3) is 11.4 Å². The van der Waals surface area contributed by atoms with E-state index in [9.17, 15) is 35.1 Å². The van der Waals surface area contributed by atoms with Crippen LogP contribution in [0, 0.1) is 30.3 Å². The number of phenolic OH excluding ortho intramolecular Hbond substituents is 1. The fraction of sp³-hybridized carbons (Fsp3) is 0.240. The number of likely N-dealkylation sites (N-methyl/N-ethyl adjacent to an activating group) is 1. The summed E-state index contributed by atoms with van der Waals surface area (Å²) in [6.07, 6.45) is 0.872. The number of hydrogen-bond acceptors (Lipinski definition) is 9. The topological polar surface area (TPSA) is 173 Å². The van der Waals surface area contributed by atoms with Crippen LogP contribution in [0.1, 0.15) is 18.9 Å². The third kappa shape index (κ3) is 6.25. The number of aromatic hydroxyl groups is 1. The Balaban J connectivity index is 0.000000223. The average Bonchev–Trinajstić information content (AvgIpc) is 3.19. The highest BCUT2D eigenvalue weighted by atomic mass is 16.6. The molecule has 0 radical (unpaired) electrons. The molecule has 1 heterocycles. The van der Waals surface area contributed by atoms with Crippen molar-refractivity contribution in [3.63, 3.8) is 0 Å². The third-order valence-electron chi connectivity index (χ3n) is 6.03. The zero-order valence-electron chi connectivity index (χ0n) is 20.5. The van der Waals surface area contributed by atoms with Crippen LogP contribution in [0.5, 0.6) is 5.75 Å². The van der Waals surface area contributed by atoms with Crippen LogP contribution >= 0.6 is 0 Å². The Morgan fingerprint density at radius 2 is 1.39 bits per heavy atom. The van der Waals surface area contributed by atoms with E-state index >= 15 is 0 Å². The van der Waals surface area contributed by atoms with Crippen LogP contribution in [0.2, 0.25) is 0 Å². The monoisotopic (exact) mass is 523 g/mol. The lowest BCUT2D eigenvalue weighted by Gasteiger charge is -2.24. The molecule has 198 valence electrons. The first kappa shape index (κ1) is 27.7. The maximum atomic E-state index is 12.8. The van der Waals surface area contributed by atoms with E-state index in [0.29, 0.717) is 12.1 Å². The van der Waals surface area contributed by atoms with Gasteiger partial charge in [0, 0.05) is 18.3 Å². The Bertz CT molecular complexity index is 1300. The molecule has 0 aliphatic carbocycles. The number of nitrogens with zero attached hydrogens (tertiary/aromatic N) is 5. The molecule has 0 aromatic heterocycles. The van der Waals surface area contributed by atoms with Gasteiger partial charge in [-0.05, 0) is 38.1 Å². The number of carbonyl (C=O) groups is 1. The summed E-state index contributed by atoms with van der Waals surface area (Å²) in [6.45, 7) is 2.92. The number of nitro groups is 3. The van der Waals surface area contributed by atoms with Crippen molar-refractivity contribution >= 4 is 28.7 Å². The molecule has 0 unspecified atom stereocenters. The number of carbonyl (C=O) groups excluding carboxylic acids is 1. The van der Waals surface area contributed by atoms with E-state index in [1.54, 1.807) is 0 Å². The molecule has 0 spiro atoms. The van der Waals surface area contributed by atoms with Crippen LogP contribution in [0.25, 0.3) is 0 Å². The molecule has 2 atom stereocenters. The highest BCUT2D eigenvalue weighted by Crippen LogP contribution is 2.39. The summed E-state index contributed by atoms with van der Waals surface area (Å²) in [4.78, 5) is 44.7. The predicted molar refractivity (Wildman–Crippen MR) is 138 cm³/mol. The summed E-state index contributed by atoms with van der Waals surface area (Å²) in [7, 11) is 2.04. The molecule has 38 heavy (non-hydrogen) atoms. The van der Waals surface area contributed by atoms with Gasteiger partial charge in [0.1, 0.15) is 0 Å². The summed E-state index contributed by atoms with van der Waals surface area (Å²) < 4.78 is 0. The Morgan fingerprint density at radius 1 is 0.895 bits per heavy atom. The molecule has 0 bridgehead atoms. The summed E-state index contributed by atoms with van der Waals surface area (Å²) in [6, 6.07) is 21.4. The van der Waals surface area contributed by atoms with Crippen molar-refractivity contribution < 1.29 is 24.7 Å². The van der Waals surface area contributed by atoms with Gasteiger partial charge in [-0.15, -0.1) is 0 Å². The number of anilines is 1. The zero-order chi connectivity index (χ0) is 28.0. The number of amides is 1. The zero-order valence-corrected chi connectivity index (χ0v) is 20.5. The van der Waals surface area contributed by atoms with Gasteiger partial charge in [-0.25, -0.2) is 0 Å². The second-order valence-electron chi connectivity index (χ2n) is 8.65. The lowest BCUT2D eigenvalue weighted by Crippen LogP contribution is -2.39. The van der Waals surface area contributed by atoms with Crippen molar-refractivity contribution in [2.24, 2.45) is 0 Å². The highest BCUT2D eigenvalue weighted by molar-refractivity contribution is 6.00.